The van der Waals surface area contributed by atoms with Gasteiger partial charge >= 0.3 is 6.18 Å². The Labute approximate surface area is 176 Å². The molecule has 8 heteroatoms. The van der Waals surface area contributed by atoms with Crippen molar-refractivity contribution < 1.29 is 18.0 Å². The number of nitrogens with zero attached hydrogens (tertiary/aromatic N) is 1. The molecular formula is C22H22F3N3OS. The molecule has 0 radical (unpaired) electrons. The number of nitrogens with two attached hydrogens (primary N) is 1. The average Bonchev–Trinajstić information content (AvgIpc) is 3.02. The van der Waals surface area contributed by atoms with Gasteiger partial charge in [0.15, 0.2) is 0 Å². The van der Waals surface area contributed by atoms with E-state index in [1.54, 1.807) is 0 Å². The molecule has 1 unspecified atom stereocenters. The number of rotatable bonds is 4. The number of aryl methyl sites for hydroxylation is 1. The SMILES string of the molecule is CC1CCc2nc3sc(C(=O)NCCc4ccccc4)c(N)c3c(C(F)(F)F)c2C1. The Morgan fingerprint density at radius 3 is 2.73 bits per heavy atom. The maximum Gasteiger partial charge on any atom is 0.417 e. The molecule has 3 N–H and O–H groups in total. The lowest BCUT2D eigenvalue weighted by atomic mass is 9.84. The van der Waals surface area contributed by atoms with Gasteiger partial charge in [-0.05, 0) is 42.7 Å². The zero-order valence-electron chi connectivity index (χ0n) is 16.5. The summed E-state index contributed by atoms with van der Waals surface area (Å²) in [5.41, 5.74) is 7.02. The van der Waals surface area contributed by atoms with E-state index in [9.17, 15) is 18.0 Å². The maximum atomic E-state index is 14.0. The highest BCUT2D eigenvalue weighted by Gasteiger charge is 2.40. The third-order valence-electron chi connectivity index (χ3n) is 5.52. The minimum absolute atomic E-state index is 0.0893. The smallest absolute Gasteiger partial charge is 0.397 e. The summed E-state index contributed by atoms with van der Waals surface area (Å²) in [4.78, 5) is 17.4. The highest BCUT2D eigenvalue weighted by atomic mass is 32.1. The summed E-state index contributed by atoms with van der Waals surface area (Å²) in [6, 6.07) is 9.63. The second kappa shape index (κ2) is 7.91. The van der Waals surface area contributed by atoms with Crippen molar-refractivity contribution in [2.75, 3.05) is 12.3 Å². The number of halogens is 3. The number of nitrogen functional groups attached to an aromatic ring is 1. The summed E-state index contributed by atoms with van der Waals surface area (Å²) in [5.74, 6) is -0.315. The van der Waals surface area contributed by atoms with Crippen LogP contribution < -0.4 is 11.1 Å². The van der Waals surface area contributed by atoms with Gasteiger partial charge in [-0.1, -0.05) is 37.3 Å². The van der Waals surface area contributed by atoms with Crippen LogP contribution >= 0.6 is 11.3 Å². The molecule has 1 amide bonds. The molecule has 0 aliphatic heterocycles. The van der Waals surface area contributed by atoms with Crippen molar-refractivity contribution in [2.45, 2.75) is 38.8 Å². The van der Waals surface area contributed by atoms with Crippen molar-refractivity contribution in [3.05, 3.63) is 57.6 Å². The second-order valence-electron chi connectivity index (χ2n) is 7.77. The minimum Gasteiger partial charge on any atom is -0.397 e. The van der Waals surface area contributed by atoms with Gasteiger partial charge in [-0.15, -0.1) is 11.3 Å². The topological polar surface area (TPSA) is 68.0 Å². The van der Waals surface area contributed by atoms with Crippen LogP contribution in [0.3, 0.4) is 0 Å². The summed E-state index contributed by atoms with van der Waals surface area (Å²) in [6.45, 7) is 2.31. The molecule has 4 nitrogen and oxygen atoms in total. The number of benzene rings is 1. The number of fused-ring (bicyclic) bond motifs is 2. The number of anilines is 1. The van der Waals surface area contributed by atoms with E-state index in [1.807, 2.05) is 37.3 Å². The van der Waals surface area contributed by atoms with Crippen molar-refractivity contribution in [3.63, 3.8) is 0 Å². The van der Waals surface area contributed by atoms with Gasteiger partial charge in [-0.3, -0.25) is 4.79 Å². The van der Waals surface area contributed by atoms with E-state index in [1.165, 1.54) is 0 Å². The molecule has 158 valence electrons. The molecule has 0 spiro atoms. The maximum absolute atomic E-state index is 14.0. The van der Waals surface area contributed by atoms with Crippen molar-refractivity contribution in [1.29, 1.82) is 0 Å². The first-order chi connectivity index (χ1) is 14.3. The summed E-state index contributed by atoms with van der Waals surface area (Å²) in [6.07, 6.45) is -2.31. The first-order valence-electron chi connectivity index (χ1n) is 9.88. The second-order valence-corrected chi connectivity index (χ2v) is 8.77. The number of pyridine rings is 1. The van der Waals surface area contributed by atoms with Crippen molar-refractivity contribution in [3.8, 4) is 0 Å². The Balaban J connectivity index is 1.68. The van der Waals surface area contributed by atoms with E-state index in [-0.39, 0.29) is 32.3 Å². The zero-order valence-corrected chi connectivity index (χ0v) is 17.3. The van der Waals surface area contributed by atoms with Gasteiger partial charge in [0.25, 0.3) is 5.91 Å². The van der Waals surface area contributed by atoms with Crippen molar-refractivity contribution in [1.82, 2.24) is 10.3 Å². The third-order valence-corrected chi connectivity index (χ3v) is 6.62. The molecule has 1 aromatic carbocycles. The Morgan fingerprint density at radius 2 is 2.03 bits per heavy atom. The van der Waals surface area contributed by atoms with E-state index < -0.39 is 17.6 Å². The molecule has 3 aromatic rings. The Morgan fingerprint density at radius 1 is 1.30 bits per heavy atom. The highest BCUT2D eigenvalue weighted by molar-refractivity contribution is 7.21. The normalized spacial score (nSPS) is 16.5. The van der Waals surface area contributed by atoms with Gasteiger partial charge in [0.05, 0.1) is 11.3 Å². The van der Waals surface area contributed by atoms with Crippen LogP contribution in [-0.2, 0) is 25.4 Å². The van der Waals surface area contributed by atoms with Gasteiger partial charge in [0.2, 0.25) is 0 Å². The van der Waals surface area contributed by atoms with Crippen LogP contribution in [0.1, 0.15) is 45.4 Å². The number of carbonyl (C=O) groups excluding carboxylic acids is 1. The lowest BCUT2D eigenvalue weighted by Crippen LogP contribution is -2.25. The van der Waals surface area contributed by atoms with Crippen LogP contribution in [0.25, 0.3) is 10.2 Å². The number of thiophene rings is 1. The number of aromatic nitrogens is 1. The third kappa shape index (κ3) is 3.88. The van der Waals surface area contributed by atoms with Gasteiger partial charge in [-0.25, -0.2) is 4.98 Å². The van der Waals surface area contributed by atoms with Gasteiger partial charge in [-0.2, -0.15) is 13.2 Å². The molecule has 2 aromatic heterocycles. The largest absolute Gasteiger partial charge is 0.417 e. The number of hydrogen-bond acceptors (Lipinski definition) is 4. The number of carbonyl (C=O) groups is 1. The average molecular weight is 433 g/mol. The fraction of sp³-hybridized carbons (Fsp3) is 0.364. The van der Waals surface area contributed by atoms with Crippen molar-refractivity contribution >= 4 is 33.1 Å². The van der Waals surface area contributed by atoms with Crippen LogP contribution in [0, 0.1) is 5.92 Å². The van der Waals surface area contributed by atoms with Crippen LogP contribution in [0.15, 0.2) is 30.3 Å². The van der Waals surface area contributed by atoms with E-state index in [4.69, 9.17) is 5.73 Å². The number of amides is 1. The fourth-order valence-electron chi connectivity index (χ4n) is 4.02. The van der Waals surface area contributed by atoms with E-state index >= 15 is 0 Å². The van der Waals surface area contributed by atoms with Crippen LogP contribution in [0.2, 0.25) is 0 Å². The van der Waals surface area contributed by atoms with Gasteiger partial charge < -0.3 is 11.1 Å². The Kier molecular flexibility index (Phi) is 5.44. The van der Waals surface area contributed by atoms with Gasteiger partial charge in [0, 0.05) is 17.6 Å². The lowest BCUT2D eigenvalue weighted by molar-refractivity contribution is -0.137. The summed E-state index contributed by atoms with van der Waals surface area (Å²) in [5, 5.41) is 2.64. The summed E-state index contributed by atoms with van der Waals surface area (Å²) >= 11 is 0.934. The van der Waals surface area contributed by atoms with Crippen LogP contribution in [0.5, 0.6) is 0 Å². The predicted molar refractivity (Wildman–Crippen MR) is 113 cm³/mol. The molecule has 4 rings (SSSR count). The summed E-state index contributed by atoms with van der Waals surface area (Å²) in [7, 11) is 0. The molecule has 2 heterocycles. The minimum atomic E-state index is -4.56. The molecule has 0 saturated heterocycles. The van der Waals surface area contributed by atoms with E-state index in [0.29, 0.717) is 31.5 Å². The van der Waals surface area contributed by atoms with Crippen LogP contribution in [-0.4, -0.2) is 17.4 Å². The first kappa shape index (κ1) is 20.7. The monoisotopic (exact) mass is 433 g/mol. The number of alkyl halides is 3. The molecule has 0 saturated carbocycles. The van der Waals surface area contributed by atoms with E-state index in [0.717, 1.165) is 23.3 Å². The molecule has 30 heavy (non-hydrogen) atoms. The molecule has 1 atom stereocenters. The first-order valence-corrected chi connectivity index (χ1v) is 10.7. The number of hydrogen-bond donors (Lipinski definition) is 2. The van der Waals surface area contributed by atoms with Gasteiger partial charge in [0.1, 0.15) is 9.71 Å². The van der Waals surface area contributed by atoms with E-state index in [2.05, 4.69) is 10.3 Å². The predicted octanol–water partition coefficient (Wildman–Crippen LogP) is 4.99. The standard InChI is InChI=1S/C22H22F3N3OS/c1-12-7-8-15-14(11-12)17(22(23,24)25)16-18(26)19(30-21(16)28-15)20(29)27-10-9-13-5-3-2-4-6-13/h2-6,12H,7-11,26H2,1H3,(H,27,29). The zero-order chi connectivity index (χ0) is 21.5. The Bertz CT molecular complexity index is 1090. The lowest BCUT2D eigenvalue weighted by Gasteiger charge is -2.25. The summed E-state index contributed by atoms with van der Waals surface area (Å²) < 4.78 is 42.1. The molecule has 1 aliphatic rings. The molecule has 1 aliphatic carbocycles. The quantitative estimate of drug-likeness (QED) is 0.609. The number of nitrogens with one attached hydrogen (secondary N) is 1. The molecule has 0 bridgehead atoms. The Hall–Kier alpha value is -2.61. The van der Waals surface area contributed by atoms with Crippen molar-refractivity contribution in [2.24, 2.45) is 5.92 Å². The molecular weight excluding hydrogens is 411 g/mol. The molecule has 0 fully saturated rings. The fourth-order valence-corrected chi connectivity index (χ4v) is 5.06. The van der Waals surface area contributed by atoms with Crippen LogP contribution in [0.4, 0.5) is 18.9 Å². The highest BCUT2D eigenvalue weighted by Crippen LogP contribution is 2.46.